The Balaban J connectivity index is 1.61. The molecule has 5 heteroatoms. The van der Waals surface area contributed by atoms with Gasteiger partial charge < -0.3 is 19.7 Å². The summed E-state index contributed by atoms with van der Waals surface area (Å²) in [5.41, 5.74) is 1.94. The van der Waals surface area contributed by atoms with Crippen LogP contribution in [0.1, 0.15) is 37.0 Å². The number of nitrogens with one attached hydrogen (secondary N) is 1. The standard InChI is InChI=1S/C18H24N2O3/c1-13-15-6-2-3-7-16(15)23-17(13)12-19-18(22)20(14-8-9-14)10-4-5-11-21/h2-3,6-7,14,21H,4-5,8-12H2,1H3,(H,19,22). The van der Waals surface area contributed by atoms with Crippen LogP contribution in [0.5, 0.6) is 0 Å². The molecule has 0 atom stereocenters. The molecule has 3 rings (SSSR count). The van der Waals surface area contributed by atoms with E-state index in [1.165, 1.54) is 0 Å². The van der Waals surface area contributed by atoms with Crippen LogP contribution in [-0.4, -0.2) is 35.2 Å². The Hall–Kier alpha value is -2.01. The predicted molar refractivity (Wildman–Crippen MR) is 89.2 cm³/mol. The molecule has 1 aromatic heterocycles. The van der Waals surface area contributed by atoms with E-state index in [9.17, 15) is 4.79 Å². The van der Waals surface area contributed by atoms with Crippen LogP contribution < -0.4 is 5.32 Å². The molecule has 1 fully saturated rings. The zero-order valence-electron chi connectivity index (χ0n) is 13.5. The van der Waals surface area contributed by atoms with E-state index in [2.05, 4.69) is 5.32 Å². The van der Waals surface area contributed by atoms with Gasteiger partial charge in [0, 0.05) is 30.1 Å². The van der Waals surface area contributed by atoms with Gasteiger partial charge in [-0.1, -0.05) is 18.2 Å². The molecular formula is C18H24N2O3. The van der Waals surface area contributed by atoms with Gasteiger partial charge in [0.25, 0.3) is 0 Å². The number of benzene rings is 1. The highest BCUT2D eigenvalue weighted by Gasteiger charge is 2.32. The van der Waals surface area contributed by atoms with Crippen molar-refractivity contribution in [2.75, 3.05) is 13.2 Å². The summed E-state index contributed by atoms with van der Waals surface area (Å²) >= 11 is 0. The number of aliphatic hydroxyl groups excluding tert-OH is 1. The zero-order valence-corrected chi connectivity index (χ0v) is 13.5. The minimum absolute atomic E-state index is 0.0368. The van der Waals surface area contributed by atoms with Gasteiger partial charge in [-0.25, -0.2) is 4.79 Å². The first-order chi connectivity index (χ1) is 11.2. The van der Waals surface area contributed by atoms with E-state index in [-0.39, 0.29) is 12.6 Å². The number of hydrogen-bond acceptors (Lipinski definition) is 3. The van der Waals surface area contributed by atoms with Gasteiger partial charge in [0.05, 0.1) is 6.54 Å². The number of nitrogens with zero attached hydrogens (tertiary/aromatic N) is 1. The van der Waals surface area contributed by atoms with Crippen molar-refractivity contribution in [2.45, 2.75) is 45.2 Å². The summed E-state index contributed by atoms with van der Waals surface area (Å²) in [5.74, 6) is 0.811. The lowest BCUT2D eigenvalue weighted by Crippen LogP contribution is -2.41. The molecule has 124 valence electrons. The molecule has 2 aromatic rings. The van der Waals surface area contributed by atoms with E-state index in [0.29, 0.717) is 19.1 Å². The summed E-state index contributed by atoms with van der Waals surface area (Å²) in [4.78, 5) is 14.3. The molecule has 2 N–H and O–H groups in total. The topological polar surface area (TPSA) is 65.7 Å². The maximum absolute atomic E-state index is 12.4. The molecule has 1 aromatic carbocycles. The number of urea groups is 1. The molecule has 0 saturated heterocycles. The summed E-state index contributed by atoms with van der Waals surface area (Å²) < 4.78 is 5.84. The van der Waals surface area contributed by atoms with Crippen molar-refractivity contribution in [2.24, 2.45) is 0 Å². The number of carbonyl (C=O) groups is 1. The molecule has 1 heterocycles. The number of aryl methyl sites for hydroxylation is 1. The van der Waals surface area contributed by atoms with Crippen LogP contribution in [0.3, 0.4) is 0 Å². The first kappa shape index (κ1) is 15.9. The van der Waals surface area contributed by atoms with E-state index in [1.807, 2.05) is 36.1 Å². The van der Waals surface area contributed by atoms with Gasteiger partial charge in [-0.05, 0) is 38.7 Å². The van der Waals surface area contributed by atoms with Crippen LogP contribution in [0.25, 0.3) is 11.0 Å². The number of hydrogen-bond donors (Lipinski definition) is 2. The van der Waals surface area contributed by atoms with Gasteiger partial charge in [0.1, 0.15) is 11.3 Å². The first-order valence-corrected chi connectivity index (χ1v) is 8.33. The highest BCUT2D eigenvalue weighted by Crippen LogP contribution is 2.28. The third-order valence-electron chi connectivity index (χ3n) is 4.40. The smallest absolute Gasteiger partial charge is 0.318 e. The zero-order chi connectivity index (χ0) is 16.2. The quantitative estimate of drug-likeness (QED) is 0.771. The molecule has 0 bridgehead atoms. The molecule has 0 unspecified atom stereocenters. The molecule has 2 amide bonds. The van der Waals surface area contributed by atoms with Gasteiger partial charge in [-0.15, -0.1) is 0 Å². The van der Waals surface area contributed by atoms with E-state index >= 15 is 0 Å². The molecule has 0 radical (unpaired) electrons. The van der Waals surface area contributed by atoms with E-state index in [1.54, 1.807) is 0 Å². The molecule has 1 aliphatic rings. The SMILES string of the molecule is Cc1c(CNC(=O)N(CCCCO)C2CC2)oc2ccccc12. The largest absolute Gasteiger partial charge is 0.459 e. The fourth-order valence-electron chi connectivity index (χ4n) is 2.88. The van der Waals surface area contributed by atoms with Crippen LogP contribution in [0.4, 0.5) is 4.79 Å². The van der Waals surface area contributed by atoms with Gasteiger partial charge in [0.2, 0.25) is 0 Å². The van der Waals surface area contributed by atoms with Crippen molar-refractivity contribution in [1.82, 2.24) is 10.2 Å². The van der Waals surface area contributed by atoms with Crippen molar-refractivity contribution in [3.8, 4) is 0 Å². The van der Waals surface area contributed by atoms with E-state index in [4.69, 9.17) is 9.52 Å². The van der Waals surface area contributed by atoms with E-state index < -0.39 is 0 Å². The summed E-state index contributed by atoms with van der Waals surface area (Å²) in [6.07, 6.45) is 3.73. The second-order valence-corrected chi connectivity index (χ2v) is 6.16. The van der Waals surface area contributed by atoms with Crippen LogP contribution in [0.15, 0.2) is 28.7 Å². The van der Waals surface area contributed by atoms with Crippen LogP contribution in [0.2, 0.25) is 0 Å². The Morgan fingerprint density at radius 3 is 2.83 bits per heavy atom. The Bertz CT molecular complexity index is 676. The van der Waals surface area contributed by atoms with Crippen LogP contribution in [0, 0.1) is 6.92 Å². The van der Waals surface area contributed by atoms with Crippen LogP contribution in [-0.2, 0) is 6.54 Å². The maximum atomic E-state index is 12.4. The van der Waals surface area contributed by atoms with Gasteiger partial charge in [-0.2, -0.15) is 0 Å². The van der Waals surface area contributed by atoms with Crippen molar-refractivity contribution in [3.63, 3.8) is 0 Å². The van der Waals surface area contributed by atoms with Gasteiger partial charge >= 0.3 is 6.03 Å². The minimum atomic E-state index is -0.0368. The fraction of sp³-hybridized carbons (Fsp3) is 0.500. The van der Waals surface area contributed by atoms with E-state index in [0.717, 1.165) is 48.0 Å². The number of para-hydroxylation sites is 1. The first-order valence-electron chi connectivity index (χ1n) is 8.33. The highest BCUT2D eigenvalue weighted by atomic mass is 16.3. The number of amides is 2. The molecule has 0 spiro atoms. The summed E-state index contributed by atoms with van der Waals surface area (Å²) in [6, 6.07) is 8.24. The fourth-order valence-corrected chi connectivity index (χ4v) is 2.88. The minimum Gasteiger partial charge on any atom is -0.459 e. The summed E-state index contributed by atoms with van der Waals surface area (Å²) in [7, 11) is 0. The number of rotatable bonds is 7. The van der Waals surface area contributed by atoms with Gasteiger partial charge in [0.15, 0.2) is 0 Å². The molecule has 5 nitrogen and oxygen atoms in total. The monoisotopic (exact) mass is 316 g/mol. The van der Waals surface area contributed by atoms with Crippen LogP contribution >= 0.6 is 0 Å². The predicted octanol–water partition coefficient (Wildman–Crippen LogP) is 3.19. The Morgan fingerprint density at radius 2 is 2.13 bits per heavy atom. The molecule has 0 aliphatic heterocycles. The number of unbranched alkanes of at least 4 members (excludes halogenated alkanes) is 1. The number of fused-ring (bicyclic) bond motifs is 1. The Labute approximate surface area is 136 Å². The lowest BCUT2D eigenvalue weighted by atomic mass is 10.1. The molecular weight excluding hydrogens is 292 g/mol. The van der Waals surface area contributed by atoms with Crippen molar-refractivity contribution >= 4 is 17.0 Å². The maximum Gasteiger partial charge on any atom is 0.318 e. The lowest BCUT2D eigenvalue weighted by Gasteiger charge is -2.22. The number of furan rings is 1. The second-order valence-electron chi connectivity index (χ2n) is 6.16. The molecule has 23 heavy (non-hydrogen) atoms. The lowest BCUT2D eigenvalue weighted by molar-refractivity contribution is 0.189. The van der Waals surface area contributed by atoms with Gasteiger partial charge in [-0.3, -0.25) is 0 Å². The highest BCUT2D eigenvalue weighted by molar-refractivity contribution is 5.82. The van der Waals surface area contributed by atoms with Crippen molar-refractivity contribution in [1.29, 1.82) is 0 Å². The normalized spacial score (nSPS) is 14.2. The summed E-state index contributed by atoms with van der Waals surface area (Å²) in [5, 5.41) is 13.0. The number of aliphatic hydroxyl groups is 1. The molecule has 1 aliphatic carbocycles. The number of carbonyl (C=O) groups excluding carboxylic acids is 1. The Kier molecular flexibility index (Phi) is 4.86. The third-order valence-corrected chi connectivity index (χ3v) is 4.40. The summed E-state index contributed by atoms with van der Waals surface area (Å²) in [6.45, 7) is 3.31. The average Bonchev–Trinajstić information content (AvgIpc) is 3.35. The third kappa shape index (κ3) is 3.67. The molecule has 1 saturated carbocycles. The van der Waals surface area contributed by atoms with Crippen molar-refractivity contribution < 1.29 is 14.3 Å². The Morgan fingerprint density at radius 1 is 1.35 bits per heavy atom. The second kappa shape index (κ2) is 7.04. The van der Waals surface area contributed by atoms with Crippen molar-refractivity contribution in [3.05, 3.63) is 35.6 Å². The average molecular weight is 316 g/mol.